The molecule has 0 aromatic rings. The molecule has 0 rings (SSSR count). The average Bonchev–Trinajstić information content (AvgIpc) is 2.74. The molecule has 0 aliphatic heterocycles. The molecule has 0 saturated heterocycles. The summed E-state index contributed by atoms with van der Waals surface area (Å²) in [4.78, 5) is 11.2. The Kier molecular flexibility index (Phi) is 25.1. The van der Waals surface area contributed by atoms with Crippen molar-refractivity contribution in [1.82, 2.24) is 0 Å². The summed E-state index contributed by atoms with van der Waals surface area (Å²) in [6, 6.07) is 0. The molecule has 0 aliphatic rings. The van der Waals surface area contributed by atoms with Gasteiger partial charge in [-0.15, -0.1) is 0 Å². The van der Waals surface area contributed by atoms with Gasteiger partial charge in [0.05, 0.1) is 6.61 Å². The molecule has 0 saturated carbocycles. The summed E-state index contributed by atoms with van der Waals surface area (Å²) in [6.07, 6.45) is 35.1. The first-order valence-electron chi connectivity index (χ1n) is 13.2. The highest BCUT2D eigenvalue weighted by atomic mass is 16.5. The van der Waals surface area contributed by atoms with Gasteiger partial charge in [0, 0.05) is 6.42 Å². The van der Waals surface area contributed by atoms with E-state index in [1.165, 1.54) is 109 Å². The number of carbonyl (C=O) groups is 1. The predicted octanol–water partition coefficient (Wildman–Crippen LogP) is 9.48. The van der Waals surface area contributed by atoms with E-state index in [1.54, 1.807) is 0 Å². The molecule has 0 fully saturated rings. The van der Waals surface area contributed by atoms with Gasteiger partial charge in [-0.05, 0) is 39.5 Å². The summed E-state index contributed by atoms with van der Waals surface area (Å²) in [5, 5.41) is 0. The van der Waals surface area contributed by atoms with Crippen LogP contribution in [0.25, 0.3) is 0 Å². The number of rotatable bonds is 23. The fraction of sp³-hybridized carbons (Fsp3) is 0.821. The molecule has 2 heteroatoms. The first-order chi connectivity index (χ1) is 14.8. The molecular formula is C28H52O2. The molecule has 0 atom stereocenters. The SMILES string of the molecule is CC=CCC=CCCCCCCCCCCCCCCCCCCCC(=O)OCC. The first kappa shape index (κ1) is 28.9. The van der Waals surface area contributed by atoms with Crippen LogP contribution in [0.2, 0.25) is 0 Å². The Morgan fingerprint density at radius 3 is 1.47 bits per heavy atom. The number of carbonyl (C=O) groups excluding carboxylic acids is 1. The number of ether oxygens (including phenoxy) is 1. The Labute approximate surface area is 188 Å². The summed E-state index contributed by atoms with van der Waals surface area (Å²) in [6.45, 7) is 4.46. The van der Waals surface area contributed by atoms with Crippen LogP contribution in [0.15, 0.2) is 24.3 Å². The molecule has 2 nitrogen and oxygen atoms in total. The van der Waals surface area contributed by atoms with Gasteiger partial charge in [0.2, 0.25) is 0 Å². The number of hydrogen-bond donors (Lipinski definition) is 0. The maximum absolute atomic E-state index is 11.2. The van der Waals surface area contributed by atoms with Gasteiger partial charge in [0.15, 0.2) is 0 Å². The van der Waals surface area contributed by atoms with Crippen molar-refractivity contribution in [3.8, 4) is 0 Å². The molecule has 0 aromatic heterocycles. The van der Waals surface area contributed by atoms with Crippen molar-refractivity contribution in [3.63, 3.8) is 0 Å². The van der Waals surface area contributed by atoms with Gasteiger partial charge < -0.3 is 4.74 Å². The fourth-order valence-corrected chi connectivity index (χ4v) is 3.85. The zero-order valence-electron chi connectivity index (χ0n) is 20.5. The lowest BCUT2D eigenvalue weighted by Gasteiger charge is -2.04. The van der Waals surface area contributed by atoms with E-state index in [0.717, 1.165) is 12.8 Å². The minimum Gasteiger partial charge on any atom is -0.466 e. The lowest BCUT2D eigenvalue weighted by atomic mass is 10.0. The molecular weight excluding hydrogens is 368 g/mol. The third kappa shape index (κ3) is 25.0. The predicted molar refractivity (Wildman–Crippen MR) is 133 cm³/mol. The van der Waals surface area contributed by atoms with Gasteiger partial charge in [-0.3, -0.25) is 4.79 Å². The quantitative estimate of drug-likeness (QED) is 0.0934. The van der Waals surface area contributed by atoms with Crippen LogP contribution in [0.5, 0.6) is 0 Å². The second kappa shape index (κ2) is 26.0. The van der Waals surface area contributed by atoms with E-state index in [1.807, 2.05) is 6.92 Å². The average molecular weight is 421 g/mol. The second-order valence-corrected chi connectivity index (χ2v) is 8.63. The molecule has 0 bridgehead atoms. The van der Waals surface area contributed by atoms with Crippen molar-refractivity contribution in [3.05, 3.63) is 24.3 Å². The molecule has 0 spiro atoms. The summed E-state index contributed by atoms with van der Waals surface area (Å²) < 4.78 is 4.95. The standard InChI is InChI=1S/C28H52O2/c1-3-5-6-7-8-9-10-11-12-13-14-15-16-17-18-19-20-21-22-23-24-25-26-27-28(29)30-4-2/h3,5,7-8H,4,6,9-27H2,1-2H3. The Balaban J connectivity index is 3.08. The van der Waals surface area contributed by atoms with Crippen LogP contribution >= 0.6 is 0 Å². The van der Waals surface area contributed by atoms with Gasteiger partial charge in [0.25, 0.3) is 0 Å². The van der Waals surface area contributed by atoms with Gasteiger partial charge in [-0.25, -0.2) is 0 Å². The number of esters is 1. The molecule has 0 radical (unpaired) electrons. The first-order valence-corrected chi connectivity index (χ1v) is 13.2. The monoisotopic (exact) mass is 420 g/mol. The van der Waals surface area contributed by atoms with Crippen molar-refractivity contribution in [2.45, 2.75) is 142 Å². The van der Waals surface area contributed by atoms with Crippen LogP contribution < -0.4 is 0 Å². The van der Waals surface area contributed by atoms with E-state index in [9.17, 15) is 4.79 Å². The Bertz CT molecular complexity index is 397. The number of hydrogen-bond acceptors (Lipinski definition) is 2. The Morgan fingerprint density at radius 1 is 0.600 bits per heavy atom. The fourth-order valence-electron chi connectivity index (χ4n) is 3.85. The van der Waals surface area contributed by atoms with E-state index in [2.05, 4.69) is 31.2 Å². The van der Waals surface area contributed by atoms with Gasteiger partial charge >= 0.3 is 5.97 Å². The van der Waals surface area contributed by atoms with Crippen LogP contribution in [-0.4, -0.2) is 12.6 Å². The third-order valence-corrected chi connectivity index (χ3v) is 5.73. The summed E-state index contributed by atoms with van der Waals surface area (Å²) in [5.41, 5.74) is 0. The Hall–Kier alpha value is -1.05. The van der Waals surface area contributed by atoms with Crippen molar-refractivity contribution in [1.29, 1.82) is 0 Å². The van der Waals surface area contributed by atoms with E-state index in [0.29, 0.717) is 13.0 Å². The summed E-state index contributed by atoms with van der Waals surface area (Å²) in [5.74, 6) is -0.0307. The van der Waals surface area contributed by atoms with Crippen LogP contribution in [-0.2, 0) is 9.53 Å². The lowest BCUT2D eigenvalue weighted by Crippen LogP contribution is -2.03. The molecule has 0 N–H and O–H groups in total. The topological polar surface area (TPSA) is 26.3 Å². The summed E-state index contributed by atoms with van der Waals surface area (Å²) >= 11 is 0. The van der Waals surface area contributed by atoms with Crippen molar-refractivity contribution in [2.75, 3.05) is 6.61 Å². The normalized spacial score (nSPS) is 11.7. The Morgan fingerprint density at radius 2 is 1.03 bits per heavy atom. The van der Waals surface area contributed by atoms with Crippen molar-refractivity contribution < 1.29 is 9.53 Å². The third-order valence-electron chi connectivity index (χ3n) is 5.73. The minimum absolute atomic E-state index is 0.0307. The number of allylic oxidation sites excluding steroid dienone is 4. The molecule has 0 amide bonds. The largest absolute Gasteiger partial charge is 0.466 e. The van der Waals surface area contributed by atoms with Crippen molar-refractivity contribution in [2.24, 2.45) is 0 Å². The maximum atomic E-state index is 11.2. The zero-order valence-corrected chi connectivity index (χ0v) is 20.5. The van der Waals surface area contributed by atoms with E-state index < -0.39 is 0 Å². The number of unbranched alkanes of at least 4 members (excludes halogenated alkanes) is 17. The highest BCUT2D eigenvalue weighted by molar-refractivity contribution is 5.69. The van der Waals surface area contributed by atoms with Gasteiger partial charge in [-0.1, -0.05) is 121 Å². The van der Waals surface area contributed by atoms with Crippen LogP contribution in [0.4, 0.5) is 0 Å². The smallest absolute Gasteiger partial charge is 0.305 e. The van der Waals surface area contributed by atoms with E-state index >= 15 is 0 Å². The molecule has 0 aromatic carbocycles. The molecule has 0 unspecified atom stereocenters. The van der Waals surface area contributed by atoms with E-state index in [-0.39, 0.29) is 5.97 Å². The molecule has 176 valence electrons. The second-order valence-electron chi connectivity index (χ2n) is 8.63. The molecule has 0 aliphatic carbocycles. The summed E-state index contributed by atoms with van der Waals surface area (Å²) in [7, 11) is 0. The van der Waals surface area contributed by atoms with Crippen molar-refractivity contribution >= 4 is 5.97 Å². The lowest BCUT2D eigenvalue weighted by molar-refractivity contribution is -0.143. The molecule has 0 heterocycles. The molecule has 30 heavy (non-hydrogen) atoms. The zero-order chi connectivity index (χ0) is 22.0. The van der Waals surface area contributed by atoms with Crippen LogP contribution in [0.3, 0.4) is 0 Å². The van der Waals surface area contributed by atoms with Crippen LogP contribution in [0.1, 0.15) is 142 Å². The van der Waals surface area contributed by atoms with Crippen LogP contribution in [0, 0.1) is 0 Å². The highest BCUT2D eigenvalue weighted by Crippen LogP contribution is 2.14. The van der Waals surface area contributed by atoms with Gasteiger partial charge in [-0.2, -0.15) is 0 Å². The minimum atomic E-state index is -0.0307. The van der Waals surface area contributed by atoms with E-state index in [4.69, 9.17) is 4.74 Å². The van der Waals surface area contributed by atoms with Gasteiger partial charge in [0.1, 0.15) is 0 Å². The maximum Gasteiger partial charge on any atom is 0.305 e. The highest BCUT2D eigenvalue weighted by Gasteiger charge is 2.00.